The third kappa shape index (κ3) is 2.06. The largest absolute Gasteiger partial charge is 0.397 e. The second kappa shape index (κ2) is 4.83. The van der Waals surface area contributed by atoms with Crippen LogP contribution in [0.1, 0.15) is 5.56 Å². The minimum atomic E-state index is 0.488. The van der Waals surface area contributed by atoms with Crippen LogP contribution in [0.3, 0.4) is 0 Å². The highest BCUT2D eigenvalue weighted by molar-refractivity contribution is 9.10. The van der Waals surface area contributed by atoms with Gasteiger partial charge in [0.05, 0.1) is 22.6 Å². The molecule has 0 radical (unpaired) electrons. The van der Waals surface area contributed by atoms with Crippen LogP contribution in [0.25, 0.3) is 11.0 Å². The molecule has 1 heterocycles. The Hall–Kier alpha value is -2.59. The molecular formula is C13H8BrN5O. The van der Waals surface area contributed by atoms with Crippen LogP contribution in [-0.4, -0.2) is 10.3 Å². The number of anilines is 3. The van der Waals surface area contributed by atoms with E-state index < -0.39 is 0 Å². The van der Waals surface area contributed by atoms with E-state index in [4.69, 9.17) is 15.6 Å². The number of nitriles is 1. The number of hydrogen-bond donors (Lipinski definition) is 2. The predicted molar refractivity (Wildman–Crippen MR) is 78.4 cm³/mol. The Morgan fingerprint density at radius 2 is 1.95 bits per heavy atom. The summed E-state index contributed by atoms with van der Waals surface area (Å²) >= 11 is 3.38. The highest BCUT2D eigenvalue weighted by Crippen LogP contribution is 2.30. The molecule has 20 heavy (non-hydrogen) atoms. The Morgan fingerprint density at radius 3 is 2.75 bits per heavy atom. The topological polar surface area (TPSA) is 101 Å². The lowest BCUT2D eigenvalue weighted by atomic mass is 10.1. The normalized spacial score (nSPS) is 10.4. The van der Waals surface area contributed by atoms with Crippen LogP contribution < -0.4 is 11.1 Å². The Balaban J connectivity index is 2.11. The fraction of sp³-hybridized carbons (Fsp3) is 0. The SMILES string of the molecule is N#Cc1ccc(Br)cc1Nc1ccc(N)c2nonc12. The van der Waals surface area contributed by atoms with Gasteiger partial charge in [0.15, 0.2) is 11.0 Å². The summed E-state index contributed by atoms with van der Waals surface area (Å²) in [7, 11) is 0. The van der Waals surface area contributed by atoms with Gasteiger partial charge in [0.2, 0.25) is 0 Å². The smallest absolute Gasteiger partial charge is 0.160 e. The number of fused-ring (bicyclic) bond motifs is 1. The van der Waals surface area contributed by atoms with Crippen molar-refractivity contribution in [2.45, 2.75) is 0 Å². The van der Waals surface area contributed by atoms with Crippen LogP contribution in [0.4, 0.5) is 17.1 Å². The molecule has 1 aromatic heterocycles. The summed E-state index contributed by atoms with van der Waals surface area (Å²) in [6, 6.07) is 10.9. The van der Waals surface area contributed by atoms with E-state index in [9.17, 15) is 0 Å². The Labute approximate surface area is 122 Å². The fourth-order valence-corrected chi connectivity index (χ4v) is 2.21. The monoisotopic (exact) mass is 329 g/mol. The molecule has 0 fully saturated rings. The van der Waals surface area contributed by atoms with Gasteiger partial charge in [-0.1, -0.05) is 15.9 Å². The zero-order chi connectivity index (χ0) is 14.1. The van der Waals surface area contributed by atoms with E-state index in [-0.39, 0.29) is 0 Å². The lowest BCUT2D eigenvalue weighted by Gasteiger charge is -2.09. The molecule has 6 nitrogen and oxygen atoms in total. The molecule has 3 rings (SSSR count). The summed E-state index contributed by atoms with van der Waals surface area (Å²) in [6.07, 6.45) is 0. The number of benzene rings is 2. The van der Waals surface area contributed by atoms with Gasteiger partial charge in [0.1, 0.15) is 6.07 Å². The maximum Gasteiger partial charge on any atom is 0.160 e. The summed E-state index contributed by atoms with van der Waals surface area (Å²) in [6.45, 7) is 0. The molecular weight excluding hydrogens is 322 g/mol. The lowest BCUT2D eigenvalue weighted by Crippen LogP contribution is -1.96. The van der Waals surface area contributed by atoms with Crippen LogP contribution in [0.15, 0.2) is 39.4 Å². The van der Waals surface area contributed by atoms with Gasteiger partial charge in [0.25, 0.3) is 0 Å². The number of nitrogens with one attached hydrogen (secondary N) is 1. The van der Waals surface area contributed by atoms with E-state index in [2.05, 4.69) is 37.6 Å². The van der Waals surface area contributed by atoms with Crippen molar-refractivity contribution in [1.29, 1.82) is 5.26 Å². The molecule has 0 spiro atoms. The van der Waals surface area contributed by atoms with Crippen molar-refractivity contribution in [3.05, 3.63) is 40.4 Å². The Bertz CT molecular complexity index is 836. The highest BCUT2D eigenvalue weighted by atomic mass is 79.9. The number of nitrogens with two attached hydrogens (primary N) is 1. The summed E-state index contributed by atoms with van der Waals surface area (Å²) in [4.78, 5) is 0. The molecule has 98 valence electrons. The van der Waals surface area contributed by atoms with Crippen LogP contribution in [-0.2, 0) is 0 Å². The van der Waals surface area contributed by atoms with Crippen molar-refractivity contribution < 1.29 is 4.63 Å². The number of rotatable bonds is 2. The Morgan fingerprint density at radius 1 is 1.15 bits per heavy atom. The predicted octanol–water partition coefficient (Wildman–Crippen LogP) is 3.18. The molecule has 2 aromatic carbocycles. The maximum atomic E-state index is 9.13. The minimum absolute atomic E-state index is 0.488. The molecule has 0 amide bonds. The fourth-order valence-electron chi connectivity index (χ4n) is 1.85. The lowest BCUT2D eigenvalue weighted by molar-refractivity contribution is 0.316. The number of hydrogen-bond acceptors (Lipinski definition) is 6. The third-order valence-corrected chi connectivity index (χ3v) is 3.31. The standard InChI is InChI=1S/C13H8BrN5O/c14-8-2-1-7(6-15)11(5-8)17-10-4-3-9(16)12-13(10)19-20-18-12/h1-5,17H,16H2. The van der Waals surface area contributed by atoms with Gasteiger partial charge < -0.3 is 11.1 Å². The molecule has 3 aromatic rings. The summed E-state index contributed by atoms with van der Waals surface area (Å²) < 4.78 is 5.57. The van der Waals surface area contributed by atoms with Crippen molar-refractivity contribution in [2.75, 3.05) is 11.1 Å². The van der Waals surface area contributed by atoms with Gasteiger partial charge >= 0.3 is 0 Å². The van der Waals surface area contributed by atoms with E-state index in [0.717, 1.165) is 4.47 Å². The van der Waals surface area contributed by atoms with E-state index in [1.807, 2.05) is 6.07 Å². The highest BCUT2D eigenvalue weighted by Gasteiger charge is 2.11. The summed E-state index contributed by atoms with van der Waals surface area (Å²) in [5, 5.41) is 19.9. The van der Waals surface area contributed by atoms with Gasteiger partial charge in [-0.15, -0.1) is 0 Å². The molecule has 3 N–H and O–H groups in total. The average Bonchev–Trinajstić information content (AvgIpc) is 2.93. The zero-order valence-corrected chi connectivity index (χ0v) is 11.7. The van der Waals surface area contributed by atoms with Gasteiger partial charge in [0, 0.05) is 4.47 Å². The van der Waals surface area contributed by atoms with Crippen LogP contribution >= 0.6 is 15.9 Å². The second-order valence-electron chi connectivity index (χ2n) is 4.09. The molecule has 7 heteroatoms. The zero-order valence-electron chi connectivity index (χ0n) is 10.1. The first-order chi connectivity index (χ1) is 9.69. The number of halogens is 1. The first-order valence-corrected chi connectivity index (χ1v) is 6.46. The van der Waals surface area contributed by atoms with Gasteiger partial charge in [-0.05, 0) is 40.6 Å². The van der Waals surface area contributed by atoms with Crippen molar-refractivity contribution in [3.8, 4) is 6.07 Å². The number of nitrogens with zero attached hydrogens (tertiary/aromatic N) is 3. The van der Waals surface area contributed by atoms with Crippen LogP contribution in [0.5, 0.6) is 0 Å². The van der Waals surface area contributed by atoms with E-state index >= 15 is 0 Å². The first kappa shape index (κ1) is 12.4. The average molecular weight is 330 g/mol. The summed E-state index contributed by atoms with van der Waals surface area (Å²) in [5.41, 5.74) is 9.15. The molecule has 0 saturated carbocycles. The van der Waals surface area contributed by atoms with Gasteiger partial charge in [-0.3, -0.25) is 0 Å². The quantitative estimate of drug-likeness (QED) is 0.700. The van der Waals surface area contributed by atoms with Crippen molar-refractivity contribution in [1.82, 2.24) is 10.3 Å². The van der Waals surface area contributed by atoms with Crippen LogP contribution in [0, 0.1) is 11.3 Å². The second-order valence-corrected chi connectivity index (χ2v) is 5.01. The molecule has 0 aliphatic carbocycles. The van der Waals surface area contributed by atoms with Crippen LogP contribution in [0.2, 0.25) is 0 Å². The minimum Gasteiger partial charge on any atom is -0.397 e. The van der Waals surface area contributed by atoms with Crippen molar-refractivity contribution in [3.63, 3.8) is 0 Å². The maximum absolute atomic E-state index is 9.13. The molecule has 0 atom stereocenters. The summed E-state index contributed by atoms with van der Waals surface area (Å²) in [5.74, 6) is 0. The number of aromatic nitrogens is 2. The number of nitrogen functional groups attached to an aromatic ring is 1. The molecule has 0 unspecified atom stereocenters. The molecule has 0 bridgehead atoms. The molecule has 0 saturated heterocycles. The van der Waals surface area contributed by atoms with Crippen molar-refractivity contribution >= 4 is 44.0 Å². The van der Waals surface area contributed by atoms with Crippen molar-refractivity contribution in [2.24, 2.45) is 0 Å². The van der Waals surface area contributed by atoms with Gasteiger partial charge in [-0.25, -0.2) is 4.63 Å². The molecule has 0 aliphatic heterocycles. The van der Waals surface area contributed by atoms with Gasteiger partial charge in [-0.2, -0.15) is 5.26 Å². The Kier molecular flexibility index (Phi) is 3.00. The third-order valence-electron chi connectivity index (χ3n) is 2.82. The van der Waals surface area contributed by atoms with E-state index in [0.29, 0.717) is 33.7 Å². The molecule has 0 aliphatic rings. The van der Waals surface area contributed by atoms with E-state index in [1.54, 1.807) is 24.3 Å². The van der Waals surface area contributed by atoms with E-state index in [1.165, 1.54) is 0 Å². The first-order valence-electron chi connectivity index (χ1n) is 5.66.